The van der Waals surface area contributed by atoms with Crippen LogP contribution in [0.5, 0.6) is 5.75 Å². The first-order chi connectivity index (χ1) is 14.1. The number of amides is 1. The maximum atomic E-state index is 12.0. The number of hydrogen-bond donors (Lipinski definition) is 3. The normalized spacial score (nSPS) is 11.8. The van der Waals surface area contributed by atoms with Crippen molar-refractivity contribution >= 4 is 5.91 Å². The van der Waals surface area contributed by atoms with Crippen LogP contribution in [0.4, 0.5) is 0 Å². The van der Waals surface area contributed by atoms with Crippen LogP contribution in [0.25, 0.3) is 33.6 Å². The molecule has 0 saturated heterocycles. The second-order valence-corrected chi connectivity index (χ2v) is 7.18. The fourth-order valence-corrected chi connectivity index (χ4v) is 3.91. The second kappa shape index (κ2) is 6.63. The van der Waals surface area contributed by atoms with Crippen molar-refractivity contribution in [3.05, 3.63) is 83.4 Å². The minimum Gasteiger partial charge on any atom is -0.508 e. The van der Waals surface area contributed by atoms with Gasteiger partial charge in [0.2, 0.25) is 0 Å². The highest BCUT2D eigenvalue weighted by molar-refractivity contribution is 5.96. The maximum absolute atomic E-state index is 12.0. The summed E-state index contributed by atoms with van der Waals surface area (Å²) in [5, 5.41) is 19.9. The summed E-state index contributed by atoms with van der Waals surface area (Å²) < 4.78 is 0. The number of hydrogen-bond acceptors (Lipinski definition) is 3. The third-order valence-electron chi connectivity index (χ3n) is 5.46. The van der Waals surface area contributed by atoms with Crippen LogP contribution in [-0.2, 0) is 6.42 Å². The Morgan fingerprint density at radius 1 is 0.966 bits per heavy atom. The molecule has 0 fully saturated rings. The van der Waals surface area contributed by atoms with Crippen molar-refractivity contribution in [1.29, 1.82) is 0 Å². The molecular formula is C24H19N3O2. The average Bonchev–Trinajstić information content (AvgIpc) is 3.33. The zero-order valence-electron chi connectivity index (χ0n) is 15.9. The van der Waals surface area contributed by atoms with Crippen LogP contribution in [-0.4, -0.2) is 28.3 Å². The summed E-state index contributed by atoms with van der Waals surface area (Å²) in [5.74, 6) is 0.169. The lowest BCUT2D eigenvalue weighted by Crippen LogP contribution is -2.17. The Hall–Kier alpha value is -3.86. The van der Waals surface area contributed by atoms with E-state index in [4.69, 9.17) is 0 Å². The number of H-pyrrole nitrogens is 1. The standard InChI is InChI=1S/C24H19N3O2/c1-25-24(29)18-7-6-17-12-21-22(26-27-23(21)20(17)13-18)16-4-2-14(3-5-16)15-8-10-19(28)11-9-15/h2-11,13,28H,12H2,1H3,(H,25,29)(H,26,27). The number of carbonyl (C=O) groups is 1. The highest BCUT2D eigenvalue weighted by Crippen LogP contribution is 2.40. The van der Waals surface area contributed by atoms with Gasteiger partial charge >= 0.3 is 0 Å². The molecule has 5 nitrogen and oxygen atoms in total. The van der Waals surface area contributed by atoms with Gasteiger partial charge in [0.15, 0.2) is 0 Å². The number of aromatic nitrogens is 2. The Labute approximate surface area is 168 Å². The van der Waals surface area contributed by atoms with Gasteiger partial charge in [-0.1, -0.05) is 42.5 Å². The molecule has 0 unspecified atom stereocenters. The third kappa shape index (κ3) is 2.88. The van der Waals surface area contributed by atoms with E-state index in [-0.39, 0.29) is 11.7 Å². The van der Waals surface area contributed by atoms with Crippen LogP contribution >= 0.6 is 0 Å². The minimum atomic E-state index is -0.0918. The summed E-state index contributed by atoms with van der Waals surface area (Å²) in [5.41, 5.74) is 9.15. The van der Waals surface area contributed by atoms with Gasteiger partial charge in [0.05, 0.1) is 11.4 Å². The first-order valence-electron chi connectivity index (χ1n) is 9.46. The molecule has 3 N–H and O–H groups in total. The Morgan fingerprint density at radius 3 is 2.31 bits per heavy atom. The number of benzene rings is 3. The summed E-state index contributed by atoms with van der Waals surface area (Å²) in [7, 11) is 1.64. The topological polar surface area (TPSA) is 78.0 Å². The van der Waals surface area contributed by atoms with E-state index >= 15 is 0 Å². The summed E-state index contributed by atoms with van der Waals surface area (Å²) in [6, 6.07) is 21.2. The molecule has 142 valence electrons. The van der Waals surface area contributed by atoms with Crippen molar-refractivity contribution in [1.82, 2.24) is 15.5 Å². The van der Waals surface area contributed by atoms with Crippen LogP contribution in [0.3, 0.4) is 0 Å². The van der Waals surface area contributed by atoms with Crippen LogP contribution in [0.15, 0.2) is 66.7 Å². The number of rotatable bonds is 3. The van der Waals surface area contributed by atoms with E-state index in [0.717, 1.165) is 45.6 Å². The molecule has 4 aromatic rings. The van der Waals surface area contributed by atoms with Gasteiger partial charge in [-0.3, -0.25) is 9.89 Å². The van der Waals surface area contributed by atoms with E-state index in [9.17, 15) is 9.90 Å². The molecule has 29 heavy (non-hydrogen) atoms. The quantitative estimate of drug-likeness (QED) is 0.434. The largest absolute Gasteiger partial charge is 0.508 e. The van der Waals surface area contributed by atoms with Crippen LogP contribution in [0.2, 0.25) is 0 Å². The van der Waals surface area contributed by atoms with Gasteiger partial charge in [0, 0.05) is 35.7 Å². The van der Waals surface area contributed by atoms with E-state index in [1.165, 1.54) is 5.56 Å². The monoisotopic (exact) mass is 381 g/mol. The highest BCUT2D eigenvalue weighted by Gasteiger charge is 2.26. The lowest BCUT2D eigenvalue weighted by atomic mass is 10.0. The number of nitrogens with zero attached hydrogens (tertiary/aromatic N) is 1. The number of phenols is 1. The van der Waals surface area contributed by atoms with Crippen molar-refractivity contribution in [3.8, 4) is 39.4 Å². The molecule has 1 aliphatic carbocycles. The summed E-state index contributed by atoms with van der Waals surface area (Å²) >= 11 is 0. The summed E-state index contributed by atoms with van der Waals surface area (Å²) in [4.78, 5) is 12.0. The van der Waals surface area contributed by atoms with Gasteiger partial charge in [-0.05, 0) is 41.0 Å². The van der Waals surface area contributed by atoms with Gasteiger partial charge in [-0.15, -0.1) is 0 Å². The fourth-order valence-electron chi connectivity index (χ4n) is 3.91. The van der Waals surface area contributed by atoms with Gasteiger partial charge < -0.3 is 10.4 Å². The van der Waals surface area contributed by atoms with Gasteiger partial charge in [-0.25, -0.2) is 0 Å². The van der Waals surface area contributed by atoms with Gasteiger partial charge in [-0.2, -0.15) is 5.10 Å². The van der Waals surface area contributed by atoms with Crippen molar-refractivity contribution in [2.75, 3.05) is 7.05 Å². The number of aromatic amines is 1. The van der Waals surface area contributed by atoms with Crippen LogP contribution in [0, 0.1) is 0 Å². The zero-order valence-corrected chi connectivity index (χ0v) is 15.9. The second-order valence-electron chi connectivity index (χ2n) is 7.18. The number of carbonyl (C=O) groups excluding carboxylic acids is 1. The summed E-state index contributed by atoms with van der Waals surface area (Å²) in [6.45, 7) is 0. The number of phenolic OH excluding ortho intramolecular Hbond substituents is 1. The Kier molecular flexibility index (Phi) is 3.95. The van der Waals surface area contributed by atoms with E-state index in [1.807, 2.05) is 30.3 Å². The molecule has 5 heteroatoms. The molecular weight excluding hydrogens is 362 g/mol. The Morgan fingerprint density at radius 2 is 1.62 bits per heavy atom. The van der Waals surface area contributed by atoms with Crippen LogP contribution in [0.1, 0.15) is 21.5 Å². The molecule has 0 radical (unpaired) electrons. The Balaban J connectivity index is 1.49. The molecule has 1 aliphatic rings. The van der Waals surface area contributed by atoms with Crippen molar-refractivity contribution in [3.63, 3.8) is 0 Å². The number of nitrogens with one attached hydrogen (secondary N) is 2. The lowest BCUT2D eigenvalue weighted by molar-refractivity contribution is 0.0963. The molecule has 0 aliphatic heterocycles. The minimum absolute atomic E-state index is 0.0918. The van der Waals surface area contributed by atoms with E-state index in [2.05, 4.69) is 39.8 Å². The third-order valence-corrected chi connectivity index (χ3v) is 5.46. The molecule has 0 atom stereocenters. The fraction of sp³-hybridized carbons (Fsp3) is 0.0833. The predicted octanol–water partition coefficient (Wildman–Crippen LogP) is 4.38. The lowest BCUT2D eigenvalue weighted by Gasteiger charge is -2.05. The number of aromatic hydroxyl groups is 1. The molecule has 0 bridgehead atoms. The first kappa shape index (κ1) is 17.3. The van der Waals surface area contributed by atoms with Crippen LogP contribution < -0.4 is 5.32 Å². The van der Waals surface area contributed by atoms with E-state index in [1.54, 1.807) is 19.2 Å². The molecule has 5 rings (SSSR count). The van der Waals surface area contributed by atoms with Gasteiger partial charge in [0.1, 0.15) is 5.75 Å². The zero-order chi connectivity index (χ0) is 20.0. The summed E-state index contributed by atoms with van der Waals surface area (Å²) in [6.07, 6.45) is 0.796. The smallest absolute Gasteiger partial charge is 0.251 e. The first-order valence-corrected chi connectivity index (χ1v) is 9.46. The van der Waals surface area contributed by atoms with Crippen molar-refractivity contribution in [2.24, 2.45) is 0 Å². The molecule has 1 heterocycles. The number of fused-ring (bicyclic) bond motifs is 3. The molecule has 1 aromatic heterocycles. The van der Waals surface area contributed by atoms with E-state index < -0.39 is 0 Å². The van der Waals surface area contributed by atoms with E-state index in [0.29, 0.717) is 5.56 Å². The highest BCUT2D eigenvalue weighted by atomic mass is 16.3. The predicted molar refractivity (Wildman–Crippen MR) is 113 cm³/mol. The van der Waals surface area contributed by atoms with Crippen molar-refractivity contribution < 1.29 is 9.90 Å². The van der Waals surface area contributed by atoms with Gasteiger partial charge in [0.25, 0.3) is 5.91 Å². The maximum Gasteiger partial charge on any atom is 0.251 e. The molecule has 3 aromatic carbocycles. The molecule has 0 spiro atoms. The SMILES string of the molecule is CNC(=O)c1ccc2c(c1)-c1[nH]nc(-c3ccc(-c4ccc(O)cc4)cc3)c1C2. The molecule has 1 amide bonds. The Bertz CT molecular complexity index is 1220. The van der Waals surface area contributed by atoms with Crippen molar-refractivity contribution in [2.45, 2.75) is 6.42 Å². The average molecular weight is 381 g/mol. The molecule has 0 saturated carbocycles.